The highest BCUT2D eigenvalue weighted by atomic mass is 19.2. The van der Waals surface area contributed by atoms with Gasteiger partial charge in [-0.2, -0.15) is 0 Å². The summed E-state index contributed by atoms with van der Waals surface area (Å²) in [4.78, 5) is 8.36. The first kappa shape index (κ1) is 20.2. The lowest BCUT2D eigenvalue weighted by molar-refractivity contribution is 0.360. The maximum Gasteiger partial charge on any atom is 0.166 e. The molecule has 0 amide bonds. The van der Waals surface area contributed by atoms with Gasteiger partial charge in [0.05, 0.1) is 18.0 Å². The number of ether oxygens (including phenoxy) is 1. The first-order valence-corrected chi connectivity index (χ1v) is 9.30. The van der Waals surface area contributed by atoms with Crippen molar-refractivity contribution in [3.05, 3.63) is 102 Å². The van der Waals surface area contributed by atoms with Crippen molar-refractivity contribution in [2.24, 2.45) is 0 Å². The van der Waals surface area contributed by atoms with E-state index in [2.05, 4.69) is 28.4 Å². The third kappa shape index (κ3) is 4.41. The summed E-state index contributed by atoms with van der Waals surface area (Å²) < 4.78 is 47.0. The lowest BCUT2D eigenvalue weighted by atomic mass is 10.1. The Morgan fingerprint density at radius 1 is 0.903 bits per heavy atom. The Balaban J connectivity index is 1.57. The second-order valence-corrected chi connectivity index (χ2v) is 6.58. The molecule has 0 atom stereocenters. The quantitative estimate of drug-likeness (QED) is 0.317. The van der Waals surface area contributed by atoms with Gasteiger partial charge in [0.2, 0.25) is 0 Å². The molecule has 0 unspecified atom stereocenters. The van der Waals surface area contributed by atoms with E-state index in [1.54, 1.807) is 30.3 Å². The third-order valence-corrected chi connectivity index (χ3v) is 4.47. The smallest absolute Gasteiger partial charge is 0.166 e. The average Bonchev–Trinajstić information content (AvgIpc) is 2.79. The first-order chi connectivity index (χ1) is 15.0. The lowest BCUT2D eigenvalue weighted by Gasteiger charge is -2.04. The van der Waals surface area contributed by atoms with Crippen molar-refractivity contribution in [2.75, 3.05) is 6.61 Å². The normalized spacial score (nSPS) is 10.4. The van der Waals surface area contributed by atoms with Crippen LogP contribution in [-0.4, -0.2) is 16.6 Å². The second-order valence-electron chi connectivity index (χ2n) is 6.58. The van der Waals surface area contributed by atoms with E-state index in [0.717, 1.165) is 6.07 Å². The molecule has 6 heteroatoms. The van der Waals surface area contributed by atoms with E-state index in [1.807, 2.05) is 0 Å². The van der Waals surface area contributed by atoms with Gasteiger partial charge in [0, 0.05) is 16.5 Å². The fourth-order valence-electron chi connectivity index (χ4n) is 2.93. The van der Waals surface area contributed by atoms with E-state index in [4.69, 9.17) is 4.74 Å². The monoisotopic (exact) mass is 416 g/mol. The number of benzene rings is 3. The largest absolute Gasteiger partial charge is 0.486 e. The molecule has 0 N–H and O–H groups in total. The molecule has 0 saturated carbocycles. The summed E-state index contributed by atoms with van der Waals surface area (Å²) in [5, 5.41) is 0.682. The van der Waals surface area contributed by atoms with E-state index in [0.29, 0.717) is 34.7 Å². The van der Waals surface area contributed by atoms with Gasteiger partial charge in [-0.25, -0.2) is 23.1 Å². The van der Waals surface area contributed by atoms with Crippen LogP contribution in [0.15, 0.2) is 73.6 Å². The predicted molar refractivity (Wildman–Crippen MR) is 113 cm³/mol. The molecule has 31 heavy (non-hydrogen) atoms. The van der Waals surface area contributed by atoms with Crippen LogP contribution >= 0.6 is 0 Å². The topological polar surface area (TPSA) is 35.0 Å². The molecule has 0 fully saturated rings. The molecule has 1 aromatic heterocycles. The van der Waals surface area contributed by atoms with Gasteiger partial charge < -0.3 is 4.74 Å². The Morgan fingerprint density at radius 3 is 2.45 bits per heavy atom. The summed E-state index contributed by atoms with van der Waals surface area (Å²) in [5.41, 5.74) is 1.25. The predicted octanol–water partition coefficient (Wildman–Crippen LogP) is 5.68. The fraction of sp³-hybridized carbons (Fsp3) is 0.0400. The summed E-state index contributed by atoms with van der Waals surface area (Å²) in [6, 6.07) is 11.7. The van der Waals surface area contributed by atoms with Crippen LogP contribution in [0.1, 0.15) is 11.1 Å². The van der Waals surface area contributed by atoms with Crippen molar-refractivity contribution in [3.8, 4) is 29.0 Å². The molecule has 4 rings (SSSR count). The molecule has 0 aliphatic rings. The van der Waals surface area contributed by atoms with Gasteiger partial charge in [0.15, 0.2) is 23.2 Å². The minimum atomic E-state index is -0.906. The summed E-state index contributed by atoms with van der Waals surface area (Å²) in [6.07, 6.45) is 4.62. The van der Waals surface area contributed by atoms with E-state index in [1.165, 1.54) is 30.6 Å². The molecule has 3 nitrogen and oxygen atoms in total. The van der Waals surface area contributed by atoms with E-state index >= 15 is 0 Å². The molecule has 0 spiro atoms. The summed E-state index contributed by atoms with van der Waals surface area (Å²) >= 11 is 0. The Kier molecular flexibility index (Phi) is 5.67. The highest BCUT2D eigenvalue weighted by Crippen LogP contribution is 2.22. The van der Waals surface area contributed by atoms with Crippen LogP contribution in [0.4, 0.5) is 13.2 Å². The summed E-state index contributed by atoms with van der Waals surface area (Å²) in [7, 11) is 0. The Bertz CT molecular complexity index is 1340. The van der Waals surface area contributed by atoms with Crippen LogP contribution in [0.25, 0.3) is 22.2 Å². The molecule has 0 radical (unpaired) electrons. The number of aromatic nitrogens is 2. The minimum Gasteiger partial charge on any atom is -0.486 e. The van der Waals surface area contributed by atoms with Crippen LogP contribution in [0.5, 0.6) is 5.75 Å². The number of nitrogens with zero attached hydrogens (tertiary/aromatic N) is 2. The van der Waals surface area contributed by atoms with E-state index < -0.39 is 17.5 Å². The van der Waals surface area contributed by atoms with Crippen LogP contribution in [0.3, 0.4) is 0 Å². The fourth-order valence-corrected chi connectivity index (χ4v) is 2.93. The van der Waals surface area contributed by atoms with Gasteiger partial charge in [-0.3, -0.25) is 0 Å². The maximum atomic E-state index is 14.5. The first-order valence-electron chi connectivity index (χ1n) is 9.30. The van der Waals surface area contributed by atoms with Crippen LogP contribution in [0, 0.1) is 29.3 Å². The van der Waals surface area contributed by atoms with Crippen molar-refractivity contribution >= 4 is 10.8 Å². The number of halogens is 3. The Hall–Kier alpha value is -4.11. The molecule has 0 aliphatic heterocycles. The second kappa shape index (κ2) is 8.72. The van der Waals surface area contributed by atoms with Gasteiger partial charge >= 0.3 is 0 Å². The molecule has 0 saturated heterocycles. The van der Waals surface area contributed by atoms with Crippen molar-refractivity contribution in [2.45, 2.75) is 0 Å². The molecule has 3 aromatic carbocycles. The maximum absolute atomic E-state index is 14.5. The molecule has 0 aliphatic carbocycles. The SMILES string of the molecule is C=CCOc1cnc(-c2ccc(C#Cc3ccc4c(F)c(F)ccc4c3)c(F)c2)nc1. The van der Waals surface area contributed by atoms with E-state index in [9.17, 15) is 13.2 Å². The number of rotatable bonds is 4. The summed E-state index contributed by atoms with van der Waals surface area (Å²) in [6.45, 7) is 3.91. The van der Waals surface area contributed by atoms with Gasteiger partial charge in [-0.05, 0) is 41.8 Å². The highest BCUT2D eigenvalue weighted by molar-refractivity contribution is 5.84. The molecule has 0 bridgehead atoms. The number of hydrogen-bond donors (Lipinski definition) is 0. The number of hydrogen-bond acceptors (Lipinski definition) is 3. The lowest BCUT2D eigenvalue weighted by Crippen LogP contribution is -1.96. The van der Waals surface area contributed by atoms with Crippen LogP contribution in [-0.2, 0) is 0 Å². The van der Waals surface area contributed by atoms with Gasteiger partial charge in [0.25, 0.3) is 0 Å². The zero-order chi connectivity index (χ0) is 21.8. The number of fused-ring (bicyclic) bond motifs is 1. The molecule has 152 valence electrons. The van der Waals surface area contributed by atoms with Gasteiger partial charge in [-0.1, -0.05) is 36.6 Å². The van der Waals surface area contributed by atoms with Crippen molar-refractivity contribution in [1.82, 2.24) is 9.97 Å². The zero-order valence-electron chi connectivity index (χ0n) is 16.2. The van der Waals surface area contributed by atoms with E-state index in [-0.39, 0.29) is 10.9 Å². The summed E-state index contributed by atoms with van der Waals surface area (Å²) in [5.74, 6) is 4.14. The van der Waals surface area contributed by atoms with Crippen LogP contribution < -0.4 is 4.74 Å². The average molecular weight is 416 g/mol. The molecular formula is C25H15F3N2O. The minimum absolute atomic E-state index is 0.169. The van der Waals surface area contributed by atoms with Crippen molar-refractivity contribution in [3.63, 3.8) is 0 Å². The standard InChI is InChI=1S/C25H15F3N2O/c1-2-11-31-20-14-29-25(30-15-20)19-7-6-17(23(27)13-19)5-3-16-4-9-21-18(12-16)8-10-22(26)24(21)28/h2,4,6-10,12-15H,1,11H2. The van der Waals surface area contributed by atoms with Crippen molar-refractivity contribution in [1.29, 1.82) is 0 Å². The third-order valence-electron chi connectivity index (χ3n) is 4.47. The van der Waals surface area contributed by atoms with Crippen LogP contribution in [0.2, 0.25) is 0 Å². The Labute approximate surface area is 176 Å². The molecular weight excluding hydrogens is 401 g/mol. The zero-order valence-corrected chi connectivity index (χ0v) is 16.2. The molecule has 4 aromatic rings. The van der Waals surface area contributed by atoms with Crippen molar-refractivity contribution < 1.29 is 17.9 Å². The van der Waals surface area contributed by atoms with Gasteiger partial charge in [-0.15, -0.1) is 0 Å². The molecule has 1 heterocycles. The highest BCUT2D eigenvalue weighted by Gasteiger charge is 2.08. The Morgan fingerprint density at radius 2 is 1.71 bits per heavy atom. The van der Waals surface area contributed by atoms with Gasteiger partial charge in [0.1, 0.15) is 12.4 Å².